The molecule has 0 fully saturated rings. The molecule has 0 atom stereocenters. The average Bonchev–Trinajstić information content (AvgIpc) is 2.59. The van der Waals surface area contributed by atoms with Crippen LogP contribution in [0.25, 0.3) is 0 Å². The summed E-state index contributed by atoms with van der Waals surface area (Å²) in [7, 11) is 1.61. The number of phenolic OH excluding ortho intramolecular Hbond substituents is 1. The van der Waals surface area contributed by atoms with E-state index in [-0.39, 0.29) is 29.7 Å². The van der Waals surface area contributed by atoms with Crippen molar-refractivity contribution in [1.82, 2.24) is 15.5 Å². The maximum atomic E-state index is 9.98. The molecule has 0 aromatic heterocycles. The second-order valence-corrected chi connectivity index (χ2v) is 6.90. The lowest BCUT2D eigenvalue weighted by Crippen LogP contribution is -2.41. The number of nitrogens with zero attached hydrogens (tertiary/aromatic N) is 2. The molecule has 0 saturated carbocycles. The van der Waals surface area contributed by atoms with Gasteiger partial charge in [0, 0.05) is 37.3 Å². The van der Waals surface area contributed by atoms with Crippen LogP contribution >= 0.6 is 24.0 Å². The molecule has 0 unspecified atom stereocenters. The van der Waals surface area contributed by atoms with Gasteiger partial charge in [0.25, 0.3) is 0 Å². The van der Waals surface area contributed by atoms with Gasteiger partial charge < -0.3 is 20.5 Å². The van der Waals surface area contributed by atoms with Gasteiger partial charge in [-0.2, -0.15) is 0 Å². The van der Waals surface area contributed by atoms with Crippen molar-refractivity contribution in [3.8, 4) is 11.5 Å². The SMILES string of the molecule is CCNC(=NCc1cc(OC)ccc1O)NCCCN(C(C)C)C(C)C.I. The fourth-order valence-electron chi connectivity index (χ4n) is 2.90. The highest BCUT2D eigenvalue weighted by Crippen LogP contribution is 2.23. The lowest BCUT2D eigenvalue weighted by atomic mass is 10.2. The van der Waals surface area contributed by atoms with Gasteiger partial charge in [0.1, 0.15) is 11.5 Å². The number of benzene rings is 1. The third-order valence-corrected chi connectivity index (χ3v) is 4.25. The average molecular weight is 492 g/mol. The first kappa shape index (κ1) is 25.8. The highest BCUT2D eigenvalue weighted by Gasteiger charge is 2.12. The fourth-order valence-corrected chi connectivity index (χ4v) is 2.90. The zero-order chi connectivity index (χ0) is 19.5. The van der Waals surface area contributed by atoms with E-state index in [1.165, 1.54) is 0 Å². The number of halogens is 1. The van der Waals surface area contributed by atoms with Gasteiger partial charge in [0.15, 0.2) is 5.96 Å². The van der Waals surface area contributed by atoms with Gasteiger partial charge >= 0.3 is 0 Å². The molecule has 156 valence electrons. The van der Waals surface area contributed by atoms with E-state index in [9.17, 15) is 5.11 Å². The molecule has 0 amide bonds. The second-order valence-electron chi connectivity index (χ2n) is 6.90. The van der Waals surface area contributed by atoms with E-state index in [4.69, 9.17) is 4.74 Å². The van der Waals surface area contributed by atoms with Gasteiger partial charge in [0.05, 0.1) is 13.7 Å². The van der Waals surface area contributed by atoms with Gasteiger partial charge in [-0.3, -0.25) is 4.90 Å². The number of aromatic hydroxyl groups is 1. The number of hydrogen-bond donors (Lipinski definition) is 3. The van der Waals surface area contributed by atoms with Crippen LogP contribution in [-0.4, -0.2) is 54.8 Å². The number of aliphatic imine (C=N–C) groups is 1. The summed E-state index contributed by atoms with van der Waals surface area (Å²) >= 11 is 0. The minimum atomic E-state index is 0. The Kier molecular flexibility index (Phi) is 13.2. The molecule has 1 aromatic carbocycles. The van der Waals surface area contributed by atoms with E-state index in [2.05, 4.69) is 48.2 Å². The van der Waals surface area contributed by atoms with E-state index in [0.717, 1.165) is 37.6 Å². The molecule has 0 radical (unpaired) electrons. The summed E-state index contributed by atoms with van der Waals surface area (Å²) in [5.74, 6) is 1.71. The summed E-state index contributed by atoms with van der Waals surface area (Å²) < 4.78 is 5.21. The lowest BCUT2D eigenvalue weighted by Gasteiger charge is -2.30. The van der Waals surface area contributed by atoms with Crippen LogP contribution in [-0.2, 0) is 6.54 Å². The van der Waals surface area contributed by atoms with Gasteiger partial charge in [-0.1, -0.05) is 0 Å². The van der Waals surface area contributed by atoms with Crippen molar-refractivity contribution in [2.45, 2.75) is 59.7 Å². The number of hydrogen-bond acceptors (Lipinski definition) is 4. The third-order valence-electron chi connectivity index (χ3n) is 4.25. The first-order valence-corrected chi connectivity index (χ1v) is 9.52. The molecule has 1 aromatic rings. The summed E-state index contributed by atoms with van der Waals surface area (Å²) in [6.07, 6.45) is 1.05. The van der Waals surface area contributed by atoms with Crippen molar-refractivity contribution >= 4 is 29.9 Å². The van der Waals surface area contributed by atoms with Gasteiger partial charge in [-0.25, -0.2) is 4.99 Å². The zero-order valence-corrected chi connectivity index (χ0v) is 19.9. The van der Waals surface area contributed by atoms with E-state index in [0.29, 0.717) is 24.4 Å². The van der Waals surface area contributed by atoms with Crippen molar-refractivity contribution in [1.29, 1.82) is 0 Å². The Morgan fingerprint density at radius 3 is 2.41 bits per heavy atom. The molecule has 0 aliphatic rings. The summed E-state index contributed by atoms with van der Waals surface area (Å²) in [4.78, 5) is 7.06. The van der Waals surface area contributed by atoms with Crippen molar-refractivity contribution < 1.29 is 9.84 Å². The Morgan fingerprint density at radius 2 is 1.85 bits per heavy atom. The molecule has 27 heavy (non-hydrogen) atoms. The molecule has 0 saturated heterocycles. The predicted molar refractivity (Wildman–Crippen MR) is 124 cm³/mol. The largest absolute Gasteiger partial charge is 0.508 e. The van der Waals surface area contributed by atoms with Crippen LogP contribution in [0.5, 0.6) is 11.5 Å². The summed E-state index contributed by atoms with van der Waals surface area (Å²) in [5.41, 5.74) is 0.743. The lowest BCUT2D eigenvalue weighted by molar-refractivity contribution is 0.173. The number of ether oxygens (including phenoxy) is 1. The quantitative estimate of drug-likeness (QED) is 0.202. The zero-order valence-electron chi connectivity index (χ0n) is 17.6. The van der Waals surface area contributed by atoms with Crippen LogP contribution in [0.3, 0.4) is 0 Å². The van der Waals surface area contributed by atoms with Crippen LogP contribution in [0.1, 0.15) is 46.6 Å². The molecular weight excluding hydrogens is 455 g/mol. The summed E-state index contributed by atoms with van der Waals surface area (Å²) in [6, 6.07) is 6.28. The maximum Gasteiger partial charge on any atom is 0.191 e. The molecule has 0 bridgehead atoms. The first-order valence-electron chi connectivity index (χ1n) is 9.52. The fraction of sp³-hybridized carbons (Fsp3) is 0.650. The van der Waals surface area contributed by atoms with Gasteiger partial charge in [0.2, 0.25) is 0 Å². The third kappa shape index (κ3) is 9.51. The number of nitrogens with one attached hydrogen (secondary N) is 2. The van der Waals surface area contributed by atoms with E-state index < -0.39 is 0 Å². The minimum absolute atomic E-state index is 0. The molecule has 0 spiro atoms. The molecule has 0 aliphatic carbocycles. The van der Waals surface area contributed by atoms with Crippen molar-refractivity contribution in [3.63, 3.8) is 0 Å². The highest BCUT2D eigenvalue weighted by atomic mass is 127. The van der Waals surface area contributed by atoms with E-state index in [1.54, 1.807) is 19.2 Å². The van der Waals surface area contributed by atoms with Crippen LogP contribution in [0.2, 0.25) is 0 Å². The normalized spacial score (nSPS) is 11.7. The molecule has 7 heteroatoms. The van der Waals surface area contributed by atoms with Crippen LogP contribution in [0.4, 0.5) is 0 Å². The number of methoxy groups -OCH3 is 1. The number of phenols is 1. The summed E-state index contributed by atoms with van der Waals surface area (Å²) in [6.45, 7) is 14.1. The Morgan fingerprint density at radius 1 is 1.19 bits per heavy atom. The second kappa shape index (κ2) is 13.9. The molecular formula is C20H37IN4O2. The Balaban J connectivity index is 0.00000676. The monoisotopic (exact) mass is 492 g/mol. The predicted octanol–water partition coefficient (Wildman–Crippen LogP) is 3.58. The van der Waals surface area contributed by atoms with Crippen LogP contribution in [0.15, 0.2) is 23.2 Å². The van der Waals surface area contributed by atoms with Crippen LogP contribution < -0.4 is 15.4 Å². The van der Waals surface area contributed by atoms with Crippen LogP contribution in [0, 0.1) is 0 Å². The number of rotatable bonds is 10. The van der Waals surface area contributed by atoms with Gasteiger partial charge in [-0.15, -0.1) is 24.0 Å². The molecule has 0 aliphatic heterocycles. The standard InChI is InChI=1S/C20H36N4O2.HI/c1-7-21-20(22-11-8-12-24(15(2)3)16(4)5)23-14-17-13-18(26-6)9-10-19(17)25;/h9-10,13,15-16,25H,7-8,11-12,14H2,1-6H3,(H2,21,22,23);1H. The maximum absolute atomic E-state index is 9.98. The summed E-state index contributed by atoms with van der Waals surface area (Å²) in [5, 5.41) is 16.6. The smallest absolute Gasteiger partial charge is 0.191 e. The molecule has 0 heterocycles. The Bertz CT molecular complexity index is 557. The van der Waals surface area contributed by atoms with Crippen molar-refractivity contribution in [2.24, 2.45) is 4.99 Å². The molecule has 3 N–H and O–H groups in total. The highest BCUT2D eigenvalue weighted by molar-refractivity contribution is 14.0. The Hall–Kier alpha value is -1.22. The van der Waals surface area contributed by atoms with Crippen molar-refractivity contribution in [2.75, 3.05) is 26.7 Å². The first-order chi connectivity index (χ1) is 12.4. The molecule has 6 nitrogen and oxygen atoms in total. The van der Waals surface area contributed by atoms with Gasteiger partial charge in [-0.05, 0) is 59.2 Å². The topological polar surface area (TPSA) is 69.1 Å². The molecule has 1 rings (SSSR count). The van der Waals surface area contributed by atoms with E-state index in [1.807, 2.05) is 13.0 Å². The minimum Gasteiger partial charge on any atom is -0.508 e. The van der Waals surface area contributed by atoms with Crippen molar-refractivity contribution in [3.05, 3.63) is 23.8 Å². The Labute approximate surface area is 181 Å². The van der Waals surface area contributed by atoms with E-state index >= 15 is 0 Å². The number of guanidine groups is 1.